The number of hydrogen-bond donors (Lipinski definition) is 1. The average molecular weight is 499 g/mol. The molecule has 0 aliphatic carbocycles. The number of sulfonamides is 1. The highest BCUT2D eigenvalue weighted by molar-refractivity contribution is 14.1. The minimum atomic E-state index is -3.62. The van der Waals surface area contributed by atoms with Gasteiger partial charge in [0.15, 0.2) is 0 Å². The van der Waals surface area contributed by atoms with Gasteiger partial charge in [0.25, 0.3) is 5.91 Å². The van der Waals surface area contributed by atoms with Crippen molar-refractivity contribution in [2.75, 3.05) is 17.1 Å². The number of carbonyl (C=O) groups excluding carboxylic acids is 1. The van der Waals surface area contributed by atoms with E-state index in [1.54, 1.807) is 19.1 Å². The summed E-state index contributed by atoms with van der Waals surface area (Å²) in [5, 5.41) is 4.08. The third-order valence-corrected chi connectivity index (χ3v) is 5.65. The summed E-state index contributed by atoms with van der Waals surface area (Å²) in [6, 6.07) is 13.1. The molecule has 144 valence electrons. The van der Waals surface area contributed by atoms with Gasteiger partial charge in [-0.25, -0.2) is 13.8 Å². The molecular weight excluding hydrogens is 477 g/mol. The molecule has 27 heavy (non-hydrogen) atoms. The van der Waals surface area contributed by atoms with Crippen molar-refractivity contribution in [3.63, 3.8) is 0 Å². The number of benzene rings is 2. The molecule has 1 amide bonds. The SMILES string of the molecule is C/C(=N/NC(=O)CN(c1cc(C)cc(C)c1)S(C)(=O)=O)c1ccc(I)cc1. The molecule has 2 aromatic carbocycles. The topological polar surface area (TPSA) is 78.8 Å². The lowest BCUT2D eigenvalue weighted by atomic mass is 10.1. The molecule has 0 saturated carbocycles. The summed E-state index contributed by atoms with van der Waals surface area (Å²) in [5.41, 5.74) is 6.26. The van der Waals surface area contributed by atoms with E-state index in [1.165, 1.54) is 0 Å². The molecule has 0 unspecified atom stereocenters. The molecule has 0 aliphatic rings. The molecule has 6 nitrogen and oxygen atoms in total. The van der Waals surface area contributed by atoms with Gasteiger partial charge in [0.2, 0.25) is 10.0 Å². The van der Waals surface area contributed by atoms with Crippen LogP contribution in [0.1, 0.15) is 23.6 Å². The van der Waals surface area contributed by atoms with Gasteiger partial charge in [-0.3, -0.25) is 9.10 Å². The van der Waals surface area contributed by atoms with Crippen LogP contribution in [0.25, 0.3) is 0 Å². The van der Waals surface area contributed by atoms with Gasteiger partial charge >= 0.3 is 0 Å². The van der Waals surface area contributed by atoms with Crippen molar-refractivity contribution >= 4 is 49.9 Å². The van der Waals surface area contributed by atoms with Crippen LogP contribution >= 0.6 is 22.6 Å². The summed E-state index contributed by atoms with van der Waals surface area (Å²) in [6.07, 6.45) is 1.08. The predicted molar refractivity (Wildman–Crippen MR) is 118 cm³/mol. The van der Waals surface area contributed by atoms with Crippen LogP contribution in [0, 0.1) is 17.4 Å². The summed E-state index contributed by atoms with van der Waals surface area (Å²) in [6.45, 7) is 5.20. The lowest BCUT2D eigenvalue weighted by molar-refractivity contribution is -0.119. The number of amides is 1. The smallest absolute Gasteiger partial charge is 0.260 e. The van der Waals surface area contributed by atoms with Crippen molar-refractivity contribution in [3.8, 4) is 0 Å². The molecule has 0 bridgehead atoms. The molecule has 0 radical (unpaired) electrons. The molecule has 0 spiro atoms. The molecule has 0 aliphatic heterocycles. The highest BCUT2D eigenvalue weighted by atomic mass is 127. The quantitative estimate of drug-likeness (QED) is 0.377. The van der Waals surface area contributed by atoms with Crippen molar-refractivity contribution in [2.45, 2.75) is 20.8 Å². The number of anilines is 1. The molecule has 0 atom stereocenters. The largest absolute Gasteiger partial charge is 0.271 e. The summed E-state index contributed by atoms with van der Waals surface area (Å²) < 4.78 is 26.6. The van der Waals surface area contributed by atoms with Crippen LogP contribution in [0.3, 0.4) is 0 Å². The maximum Gasteiger partial charge on any atom is 0.260 e. The van der Waals surface area contributed by atoms with Crippen molar-refractivity contribution in [3.05, 3.63) is 62.7 Å². The zero-order valence-electron chi connectivity index (χ0n) is 15.7. The van der Waals surface area contributed by atoms with E-state index in [2.05, 4.69) is 33.1 Å². The minimum absolute atomic E-state index is 0.342. The minimum Gasteiger partial charge on any atom is -0.271 e. The van der Waals surface area contributed by atoms with Crippen LogP contribution < -0.4 is 9.73 Å². The number of rotatable bonds is 6. The monoisotopic (exact) mass is 499 g/mol. The van der Waals surface area contributed by atoms with Crippen LogP contribution in [-0.4, -0.2) is 32.8 Å². The number of carbonyl (C=O) groups is 1. The molecule has 0 fully saturated rings. The third-order valence-electron chi connectivity index (χ3n) is 3.79. The number of aryl methyl sites for hydroxylation is 2. The Bertz CT molecular complexity index is 950. The van der Waals surface area contributed by atoms with Crippen LogP contribution in [0.2, 0.25) is 0 Å². The maximum absolute atomic E-state index is 12.3. The Labute approximate surface area is 173 Å². The van der Waals surface area contributed by atoms with Crippen molar-refractivity contribution < 1.29 is 13.2 Å². The Hall–Kier alpha value is -1.94. The normalized spacial score (nSPS) is 12.0. The molecular formula is C19H22IN3O3S. The molecule has 2 rings (SSSR count). The fourth-order valence-corrected chi connectivity index (χ4v) is 3.76. The molecule has 0 saturated heterocycles. The fraction of sp³-hybridized carbons (Fsp3) is 0.263. The van der Waals surface area contributed by atoms with Gasteiger partial charge in [0.05, 0.1) is 17.7 Å². The van der Waals surface area contributed by atoms with E-state index in [0.29, 0.717) is 11.4 Å². The van der Waals surface area contributed by atoms with E-state index in [4.69, 9.17) is 0 Å². The van der Waals surface area contributed by atoms with Gasteiger partial charge in [-0.15, -0.1) is 0 Å². The van der Waals surface area contributed by atoms with Crippen LogP contribution in [0.4, 0.5) is 5.69 Å². The Balaban J connectivity index is 2.17. The molecule has 8 heteroatoms. The van der Waals surface area contributed by atoms with Crippen molar-refractivity contribution in [2.24, 2.45) is 5.10 Å². The first kappa shape index (κ1) is 21.4. The predicted octanol–water partition coefficient (Wildman–Crippen LogP) is 3.21. The van der Waals surface area contributed by atoms with E-state index >= 15 is 0 Å². The van der Waals surface area contributed by atoms with Crippen molar-refractivity contribution in [1.82, 2.24) is 5.43 Å². The molecule has 0 aromatic heterocycles. The van der Waals surface area contributed by atoms with Gasteiger partial charge in [-0.2, -0.15) is 5.10 Å². The molecule has 2 aromatic rings. The third kappa shape index (κ3) is 6.31. The highest BCUT2D eigenvalue weighted by Crippen LogP contribution is 2.21. The Morgan fingerprint density at radius 1 is 1.11 bits per heavy atom. The van der Waals surface area contributed by atoms with Gasteiger partial charge in [0.1, 0.15) is 6.54 Å². The second kappa shape index (κ2) is 8.83. The average Bonchev–Trinajstić information content (AvgIpc) is 2.56. The number of nitrogens with one attached hydrogen (secondary N) is 1. The first-order chi connectivity index (χ1) is 12.6. The van der Waals surface area contributed by atoms with Gasteiger partial charge in [-0.05, 0) is 84.3 Å². The zero-order valence-corrected chi connectivity index (χ0v) is 18.6. The first-order valence-corrected chi connectivity index (χ1v) is 11.1. The first-order valence-electron chi connectivity index (χ1n) is 8.21. The van der Waals surface area contributed by atoms with Crippen LogP contribution in [0.15, 0.2) is 47.6 Å². The number of halogens is 1. The summed E-state index contributed by atoms with van der Waals surface area (Å²) in [5.74, 6) is -0.510. The summed E-state index contributed by atoms with van der Waals surface area (Å²) in [4.78, 5) is 12.3. The highest BCUT2D eigenvalue weighted by Gasteiger charge is 2.21. The lowest BCUT2D eigenvalue weighted by Crippen LogP contribution is -2.39. The van der Waals surface area contributed by atoms with Crippen molar-refractivity contribution in [1.29, 1.82) is 0 Å². The lowest BCUT2D eigenvalue weighted by Gasteiger charge is -2.22. The van der Waals surface area contributed by atoms with Gasteiger partial charge in [0, 0.05) is 3.57 Å². The standard InChI is InChI=1S/C19H22IN3O3S/c1-13-9-14(2)11-18(10-13)23(27(4,25)26)12-19(24)22-21-15(3)16-5-7-17(20)8-6-16/h5-11H,12H2,1-4H3,(H,22,24)/b21-15-. The van der Waals surface area contributed by atoms with Crippen LogP contribution in [-0.2, 0) is 14.8 Å². The summed E-state index contributed by atoms with van der Waals surface area (Å²) in [7, 11) is -3.62. The van der Waals surface area contributed by atoms with Crippen LogP contribution in [0.5, 0.6) is 0 Å². The van der Waals surface area contributed by atoms with E-state index in [9.17, 15) is 13.2 Å². The second-order valence-corrected chi connectivity index (χ2v) is 9.51. The maximum atomic E-state index is 12.3. The van der Waals surface area contributed by atoms with E-state index in [-0.39, 0.29) is 6.54 Å². The number of hydrazone groups is 1. The van der Waals surface area contributed by atoms with E-state index in [0.717, 1.165) is 30.8 Å². The van der Waals surface area contributed by atoms with Gasteiger partial charge < -0.3 is 0 Å². The number of hydrogen-bond acceptors (Lipinski definition) is 4. The Morgan fingerprint density at radius 3 is 2.19 bits per heavy atom. The molecule has 1 N–H and O–H groups in total. The van der Waals surface area contributed by atoms with E-state index < -0.39 is 15.9 Å². The Kier molecular flexibility index (Phi) is 6.99. The number of nitrogens with zero attached hydrogens (tertiary/aromatic N) is 2. The molecule has 0 heterocycles. The van der Waals surface area contributed by atoms with E-state index in [1.807, 2.05) is 44.2 Å². The second-order valence-electron chi connectivity index (χ2n) is 6.35. The zero-order chi connectivity index (χ0) is 20.2. The van der Waals surface area contributed by atoms with Gasteiger partial charge in [-0.1, -0.05) is 18.2 Å². The Morgan fingerprint density at radius 2 is 1.67 bits per heavy atom. The summed E-state index contributed by atoms with van der Waals surface area (Å²) >= 11 is 2.21. The fourth-order valence-electron chi connectivity index (χ4n) is 2.56.